The van der Waals surface area contributed by atoms with Crippen molar-refractivity contribution in [1.29, 1.82) is 0 Å². The third-order valence-corrected chi connectivity index (χ3v) is 3.08. The molecule has 0 fully saturated rings. The van der Waals surface area contributed by atoms with Gasteiger partial charge in [0, 0.05) is 10.9 Å². The van der Waals surface area contributed by atoms with Gasteiger partial charge in [-0.2, -0.15) is 0 Å². The van der Waals surface area contributed by atoms with E-state index in [4.69, 9.17) is 0 Å². The van der Waals surface area contributed by atoms with E-state index in [1.807, 2.05) is 30.3 Å². The second-order valence-electron chi connectivity index (χ2n) is 4.44. The summed E-state index contributed by atoms with van der Waals surface area (Å²) in [7, 11) is 0. The Balaban J connectivity index is 2.11. The summed E-state index contributed by atoms with van der Waals surface area (Å²) < 4.78 is 12.8. The average molecular weight is 262 g/mol. The van der Waals surface area contributed by atoms with Gasteiger partial charge in [-0.15, -0.1) is 0 Å². The molecule has 0 radical (unpaired) electrons. The lowest BCUT2D eigenvalue weighted by atomic mass is 10.0. The third-order valence-electron chi connectivity index (χ3n) is 3.08. The maximum absolute atomic E-state index is 12.8. The van der Waals surface area contributed by atoms with Crippen molar-refractivity contribution >= 4 is 10.8 Å². The molecule has 0 heterocycles. The topological polar surface area (TPSA) is 20.2 Å². The number of phenols is 1. The number of benzene rings is 3. The Labute approximate surface area is 116 Å². The molecule has 0 aliphatic rings. The van der Waals surface area contributed by atoms with Crippen molar-refractivity contribution < 1.29 is 9.50 Å². The predicted molar refractivity (Wildman–Crippen MR) is 78.0 cm³/mol. The van der Waals surface area contributed by atoms with Gasteiger partial charge in [0.2, 0.25) is 0 Å². The van der Waals surface area contributed by atoms with Gasteiger partial charge in [-0.05, 0) is 35.7 Å². The molecule has 1 N–H and O–H groups in total. The summed E-state index contributed by atoms with van der Waals surface area (Å²) in [4.78, 5) is 0. The van der Waals surface area contributed by atoms with Crippen LogP contribution in [0.3, 0.4) is 0 Å². The normalized spacial score (nSPS) is 10.1. The highest BCUT2D eigenvalue weighted by Crippen LogP contribution is 2.26. The minimum absolute atomic E-state index is 0.151. The monoisotopic (exact) mass is 262 g/mol. The fourth-order valence-electron chi connectivity index (χ4n) is 2.06. The number of hydrogen-bond donors (Lipinski definition) is 1. The molecule has 0 saturated carbocycles. The van der Waals surface area contributed by atoms with Crippen molar-refractivity contribution in [3.8, 4) is 17.6 Å². The Bertz CT molecular complexity index is 823. The molecule has 0 aromatic heterocycles. The fourth-order valence-corrected chi connectivity index (χ4v) is 2.06. The van der Waals surface area contributed by atoms with E-state index in [0.29, 0.717) is 11.1 Å². The Kier molecular flexibility index (Phi) is 3.10. The lowest BCUT2D eigenvalue weighted by Crippen LogP contribution is -1.82. The van der Waals surface area contributed by atoms with Crippen LogP contribution in [0.15, 0.2) is 60.7 Å². The van der Waals surface area contributed by atoms with Gasteiger partial charge in [0.15, 0.2) is 0 Å². The Morgan fingerprint density at radius 1 is 0.800 bits per heavy atom. The standard InChI is InChI=1S/C18H11FO/c19-15-9-5-13(6-10-15)7-11-17-16-4-2-1-3-14(16)8-12-18(17)20/h1-6,8-10,12,20H. The van der Waals surface area contributed by atoms with Crippen LogP contribution in [0.25, 0.3) is 10.8 Å². The van der Waals surface area contributed by atoms with Crippen molar-refractivity contribution in [2.45, 2.75) is 0 Å². The van der Waals surface area contributed by atoms with Gasteiger partial charge in [-0.3, -0.25) is 0 Å². The minimum atomic E-state index is -0.288. The SMILES string of the molecule is Oc1ccc2ccccc2c1C#Cc1ccc(F)cc1. The number of halogens is 1. The van der Waals surface area contributed by atoms with Crippen LogP contribution in [0.1, 0.15) is 11.1 Å². The summed E-state index contributed by atoms with van der Waals surface area (Å²) >= 11 is 0. The molecule has 20 heavy (non-hydrogen) atoms. The molecule has 0 saturated heterocycles. The summed E-state index contributed by atoms with van der Waals surface area (Å²) in [5.41, 5.74) is 1.30. The van der Waals surface area contributed by atoms with E-state index in [1.54, 1.807) is 18.2 Å². The summed E-state index contributed by atoms with van der Waals surface area (Å²) in [6.07, 6.45) is 0. The maximum Gasteiger partial charge on any atom is 0.131 e. The summed E-state index contributed by atoms with van der Waals surface area (Å²) in [5.74, 6) is 5.78. The third kappa shape index (κ3) is 2.34. The zero-order chi connectivity index (χ0) is 13.9. The molecular formula is C18H11FO. The molecule has 0 unspecified atom stereocenters. The van der Waals surface area contributed by atoms with Crippen LogP contribution < -0.4 is 0 Å². The molecule has 0 bridgehead atoms. The first-order valence-corrected chi connectivity index (χ1v) is 6.22. The van der Waals surface area contributed by atoms with Gasteiger partial charge in [-0.25, -0.2) is 4.39 Å². The zero-order valence-electron chi connectivity index (χ0n) is 10.6. The van der Waals surface area contributed by atoms with Crippen molar-refractivity contribution in [1.82, 2.24) is 0 Å². The maximum atomic E-state index is 12.8. The van der Waals surface area contributed by atoms with Gasteiger partial charge in [0.05, 0.1) is 5.56 Å². The predicted octanol–water partition coefficient (Wildman–Crippen LogP) is 4.08. The van der Waals surface area contributed by atoms with Crippen LogP contribution in [0.2, 0.25) is 0 Å². The van der Waals surface area contributed by atoms with Gasteiger partial charge < -0.3 is 5.11 Å². The molecular weight excluding hydrogens is 251 g/mol. The van der Waals surface area contributed by atoms with E-state index in [9.17, 15) is 9.50 Å². The van der Waals surface area contributed by atoms with Crippen LogP contribution in [0.4, 0.5) is 4.39 Å². The van der Waals surface area contributed by atoms with Crippen molar-refractivity contribution in [3.05, 3.63) is 77.6 Å². The molecule has 3 rings (SSSR count). The van der Waals surface area contributed by atoms with Crippen molar-refractivity contribution in [3.63, 3.8) is 0 Å². The average Bonchev–Trinajstić information content (AvgIpc) is 2.48. The molecule has 0 spiro atoms. The van der Waals surface area contributed by atoms with Crippen molar-refractivity contribution in [2.75, 3.05) is 0 Å². The Morgan fingerprint density at radius 3 is 2.35 bits per heavy atom. The first-order valence-electron chi connectivity index (χ1n) is 6.22. The summed E-state index contributed by atoms with van der Waals surface area (Å²) in [6.45, 7) is 0. The van der Waals surface area contributed by atoms with E-state index >= 15 is 0 Å². The zero-order valence-corrected chi connectivity index (χ0v) is 10.6. The van der Waals surface area contributed by atoms with Crippen LogP contribution in [-0.2, 0) is 0 Å². The van der Waals surface area contributed by atoms with Crippen molar-refractivity contribution in [2.24, 2.45) is 0 Å². The van der Waals surface area contributed by atoms with Crippen LogP contribution in [0, 0.1) is 17.7 Å². The molecule has 0 atom stereocenters. The van der Waals surface area contributed by atoms with Gasteiger partial charge in [0.25, 0.3) is 0 Å². The molecule has 3 aromatic rings. The van der Waals surface area contributed by atoms with Crippen LogP contribution >= 0.6 is 0 Å². The first kappa shape index (κ1) is 12.3. The van der Waals surface area contributed by atoms with E-state index < -0.39 is 0 Å². The Hall–Kier alpha value is -2.79. The highest BCUT2D eigenvalue weighted by atomic mass is 19.1. The van der Waals surface area contributed by atoms with Crippen LogP contribution in [-0.4, -0.2) is 5.11 Å². The smallest absolute Gasteiger partial charge is 0.131 e. The molecule has 3 aromatic carbocycles. The number of aromatic hydroxyl groups is 1. The van der Waals surface area contributed by atoms with E-state index in [2.05, 4.69) is 11.8 Å². The molecule has 96 valence electrons. The highest BCUT2D eigenvalue weighted by molar-refractivity contribution is 5.90. The molecule has 0 aliphatic heterocycles. The van der Waals surface area contributed by atoms with Crippen LogP contribution in [0.5, 0.6) is 5.75 Å². The lowest BCUT2D eigenvalue weighted by molar-refractivity contribution is 0.474. The number of phenolic OH excluding ortho intramolecular Hbond substituents is 1. The highest BCUT2D eigenvalue weighted by Gasteiger charge is 2.03. The fraction of sp³-hybridized carbons (Fsp3) is 0. The molecule has 2 heteroatoms. The molecule has 0 aliphatic carbocycles. The second kappa shape index (κ2) is 5.07. The molecule has 0 amide bonds. The number of hydrogen-bond acceptors (Lipinski definition) is 1. The van der Waals surface area contributed by atoms with Gasteiger partial charge in [0.1, 0.15) is 11.6 Å². The Morgan fingerprint density at radius 2 is 1.55 bits per heavy atom. The summed E-state index contributed by atoms with van der Waals surface area (Å²) in [5, 5.41) is 11.9. The van der Waals surface area contributed by atoms with Gasteiger partial charge in [-0.1, -0.05) is 42.2 Å². The quantitative estimate of drug-likeness (QED) is 0.605. The second-order valence-corrected chi connectivity index (χ2v) is 4.44. The molecule has 1 nitrogen and oxygen atoms in total. The lowest BCUT2D eigenvalue weighted by Gasteiger charge is -2.02. The minimum Gasteiger partial charge on any atom is -0.507 e. The van der Waals surface area contributed by atoms with E-state index in [1.165, 1.54) is 12.1 Å². The number of rotatable bonds is 0. The largest absolute Gasteiger partial charge is 0.507 e. The first-order chi connectivity index (χ1) is 9.74. The number of fused-ring (bicyclic) bond motifs is 1. The summed E-state index contributed by atoms with van der Waals surface area (Å²) in [6, 6.07) is 17.2. The van der Waals surface area contributed by atoms with E-state index in [-0.39, 0.29) is 11.6 Å². The van der Waals surface area contributed by atoms with Gasteiger partial charge >= 0.3 is 0 Å². The van der Waals surface area contributed by atoms with E-state index in [0.717, 1.165) is 10.8 Å².